The Morgan fingerprint density at radius 1 is 0.684 bits per heavy atom. The molecule has 7 heteroatoms. The number of rotatable bonds is 6. The molecule has 7 rings (SSSR count). The second-order valence-corrected chi connectivity index (χ2v) is 14.7. The smallest absolute Gasteiger partial charge is 0.162 e. The second-order valence-electron chi connectivity index (χ2n) is 10.7. The number of pyridine rings is 4. The van der Waals surface area contributed by atoms with Crippen LogP contribution in [0.2, 0.25) is 12.6 Å². The van der Waals surface area contributed by atoms with Gasteiger partial charge in [0.1, 0.15) is 22.9 Å². The molecular formula is C31H30N6Si. The summed E-state index contributed by atoms with van der Waals surface area (Å²) in [6.45, 7) is 2.46. The molecule has 0 unspecified atom stereocenters. The van der Waals surface area contributed by atoms with Gasteiger partial charge < -0.3 is 0 Å². The minimum Gasteiger partial charge on any atom is -0.285 e. The fraction of sp³-hybridized carbons (Fsp3) is 0.226. The lowest BCUT2D eigenvalue weighted by atomic mass is 10.1. The molecule has 0 aliphatic heterocycles. The van der Waals surface area contributed by atoms with Gasteiger partial charge in [-0.15, -0.1) is 0 Å². The molecule has 0 spiro atoms. The molecule has 38 heavy (non-hydrogen) atoms. The van der Waals surface area contributed by atoms with Crippen LogP contribution >= 0.6 is 0 Å². The normalized spacial score (nSPS) is 14.6. The van der Waals surface area contributed by atoms with E-state index in [9.17, 15) is 0 Å². The van der Waals surface area contributed by atoms with Crippen LogP contribution in [0.25, 0.3) is 33.7 Å². The van der Waals surface area contributed by atoms with Gasteiger partial charge in [-0.1, -0.05) is 44.4 Å². The molecule has 188 valence electrons. The van der Waals surface area contributed by atoms with Crippen LogP contribution < -0.4 is 10.6 Å². The van der Waals surface area contributed by atoms with E-state index < -0.39 is 8.07 Å². The van der Waals surface area contributed by atoms with Crippen LogP contribution in [-0.4, -0.2) is 37.1 Å². The summed E-state index contributed by atoms with van der Waals surface area (Å²) in [4.78, 5) is 19.9. The SMILES string of the molecule is C[Si](CC1CCCC1)(c1cccc(-n2ccc3cccnc32)n1)c1cccc(-n2ccc3cccnc32)n1. The summed E-state index contributed by atoms with van der Waals surface area (Å²) >= 11 is 0. The highest BCUT2D eigenvalue weighted by Crippen LogP contribution is 2.32. The van der Waals surface area contributed by atoms with Crippen molar-refractivity contribution in [3.05, 3.63) is 97.6 Å². The predicted octanol–water partition coefficient (Wildman–Crippen LogP) is 5.54. The Balaban J connectivity index is 1.35. The number of hydrogen-bond donors (Lipinski definition) is 0. The molecule has 6 aromatic rings. The molecule has 0 saturated heterocycles. The van der Waals surface area contributed by atoms with Crippen LogP contribution in [0.5, 0.6) is 0 Å². The van der Waals surface area contributed by atoms with Crippen LogP contribution in [0.1, 0.15) is 25.7 Å². The maximum absolute atomic E-state index is 5.32. The first kappa shape index (κ1) is 23.0. The summed E-state index contributed by atoms with van der Waals surface area (Å²) in [7, 11) is -2.28. The lowest BCUT2D eigenvalue weighted by Gasteiger charge is -2.30. The zero-order valence-corrected chi connectivity index (χ0v) is 22.5. The highest BCUT2D eigenvalue weighted by Gasteiger charge is 2.39. The van der Waals surface area contributed by atoms with Crippen molar-refractivity contribution in [2.75, 3.05) is 0 Å². The molecule has 1 aliphatic carbocycles. The van der Waals surface area contributed by atoms with E-state index in [4.69, 9.17) is 9.97 Å². The average Bonchev–Trinajstić information content (AvgIpc) is 3.73. The molecule has 0 N–H and O–H groups in total. The lowest BCUT2D eigenvalue weighted by molar-refractivity contribution is 0.603. The van der Waals surface area contributed by atoms with Crippen LogP contribution in [0.4, 0.5) is 0 Å². The lowest BCUT2D eigenvalue weighted by Crippen LogP contribution is -2.59. The van der Waals surface area contributed by atoms with Gasteiger partial charge >= 0.3 is 0 Å². The van der Waals surface area contributed by atoms with Crippen molar-refractivity contribution < 1.29 is 0 Å². The van der Waals surface area contributed by atoms with Crippen molar-refractivity contribution in [1.82, 2.24) is 29.1 Å². The molecule has 0 radical (unpaired) electrons. The van der Waals surface area contributed by atoms with Gasteiger partial charge in [0.15, 0.2) is 8.07 Å². The van der Waals surface area contributed by atoms with Gasteiger partial charge in [-0.05, 0) is 72.6 Å². The van der Waals surface area contributed by atoms with Crippen molar-refractivity contribution >= 4 is 40.8 Å². The summed E-state index contributed by atoms with van der Waals surface area (Å²) < 4.78 is 4.20. The zero-order chi connectivity index (χ0) is 25.5. The second kappa shape index (κ2) is 9.33. The van der Waals surface area contributed by atoms with Gasteiger partial charge in [0.2, 0.25) is 0 Å². The third-order valence-electron chi connectivity index (χ3n) is 8.16. The van der Waals surface area contributed by atoms with E-state index in [0.29, 0.717) is 0 Å². The van der Waals surface area contributed by atoms with Gasteiger partial charge in [-0.25, -0.2) is 19.9 Å². The van der Waals surface area contributed by atoms with Gasteiger partial charge in [-0.2, -0.15) is 0 Å². The maximum Gasteiger partial charge on any atom is 0.162 e. The topological polar surface area (TPSA) is 61.4 Å². The zero-order valence-electron chi connectivity index (χ0n) is 21.5. The highest BCUT2D eigenvalue weighted by molar-refractivity contribution is 7.00. The van der Waals surface area contributed by atoms with Gasteiger partial charge in [0, 0.05) is 46.2 Å². The number of hydrogen-bond acceptors (Lipinski definition) is 4. The summed E-state index contributed by atoms with van der Waals surface area (Å²) in [6.07, 6.45) is 13.1. The fourth-order valence-corrected chi connectivity index (χ4v) is 10.1. The van der Waals surface area contributed by atoms with E-state index in [1.54, 1.807) is 0 Å². The predicted molar refractivity (Wildman–Crippen MR) is 155 cm³/mol. The Kier molecular flexibility index (Phi) is 5.66. The Bertz CT molecular complexity index is 1630. The van der Waals surface area contributed by atoms with Crippen LogP contribution in [0.3, 0.4) is 0 Å². The van der Waals surface area contributed by atoms with E-state index in [1.807, 2.05) is 24.5 Å². The quantitative estimate of drug-likeness (QED) is 0.274. The van der Waals surface area contributed by atoms with Crippen molar-refractivity contribution in [1.29, 1.82) is 0 Å². The van der Waals surface area contributed by atoms with Crippen LogP contribution in [0.15, 0.2) is 97.6 Å². The summed E-state index contributed by atoms with van der Waals surface area (Å²) in [5.74, 6) is 2.56. The molecule has 6 heterocycles. The molecule has 1 aliphatic rings. The largest absolute Gasteiger partial charge is 0.285 e. The summed E-state index contributed by atoms with van der Waals surface area (Å²) in [6, 6.07) is 26.4. The minimum atomic E-state index is -2.28. The molecule has 6 nitrogen and oxygen atoms in total. The number of aromatic nitrogens is 6. The molecule has 0 atom stereocenters. The van der Waals surface area contributed by atoms with E-state index in [-0.39, 0.29) is 0 Å². The molecular weight excluding hydrogens is 484 g/mol. The first-order valence-electron chi connectivity index (χ1n) is 13.5. The highest BCUT2D eigenvalue weighted by atomic mass is 28.3. The summed E-state index contributed by atoms with van der Waals surface area (Å²) in [5, 5.41) is 4.60. The number of fused-ring (bicyclic) bond motifs is 2. The Hall–Kier alpha value is -4.10. The fourth-order valence-electron chi connectivity index (χ4n) is 6.16. The van der Waals surface area contributed by atoms with Crippen LogP contribution in [0, 0.1) is 5.92 Å². The Morgan fingerprint density at radius 2 is 1.21 bits per heavy atom. The molecule has 0 aromatic carbocycles. The van der Waals surface area contributed by atoms with Crippen molar-refractivity contribution in [3.63, 3.8) is 0 Å². The first-order chi connectivity index (χ1) is 18.7. The van der Waals surface area contributed by atoms with E-state index in [0.717, 1.165) is 45.7 Å². The summed E-state index contributed by atoms with van der Waals surface area (Å²) in [5.41, 5.74) is 1.87. The van der Waals surface area contributed by atoms with Gasteiger partial charge in [0.25, 0.3) is 0 Å². The van der Waals surface area contributed by atoms with Crippen LogP contribution in [-0.2, 0) is 0 Å². The average molecular weight is 515 g/mol. The van der Waals surface area contributed by atoms with Crippen molar-refractivity contribution in [3.8, 4) is 11.6 Å². The van der Waals surface area contributed by atoms with E-state index in [2.05, 4.69) is 98.7 Å². The maximum atomic E-state index is 5.32. The molecule has 0 amide bonds. The number of nitrogens with zero attached hydrogens (tertiary/aromatic N) is 6. The van der Waals surface area contributed by atoms with Crippen molar-refractivity contribution in [2.24, 2.45) is 5.92 Å². The van der Waals surface area contributed by atoms with Gasteiger partial charge in [0.05, 0.1) is 0 Å². The third kappa shape index (κ3) is 3.94. The van der Waals surface area contributed by atoms with E-state index in [1.165, 1.54) is 36.3 Å². The Labute approximate surface area is 223 Å². The minimum absolute atomic E-state index is 0.728. The third-order valence-corrected chi connectivity index (χ3v) is 12.4. The molecule has 1 saturated carbocycles. The molecule has 0 bridgehead atoms. The first-order valence-corrected chi connectivity index (χ1v) is 16.2. The van der Waals surface area contributed by atoms with E-state index >= 15 is 0 Å². The van der Waals surface area contributed by atoms with Gasteiger partial charge in [-0.3, -0.25) is 9.13 Å². The molecule has 6 aromatic heterocycles. The molecule has 1 fully saturated rings. The standard InChI is InChI=1S/C31H30N6Si/c1-38(22-23-8-2-3-9-23,28-14-4-12-26(34-28)36-20-16-24-10-6-18-32-30(24)36)29-15-5-13-27(35-29)37-21-17-25-11-7-19-33-31(25)37/h4-7,10-21,23H,2-3,8-9,22H2,1H3. The van der Waals surface area contributed by atoms with Crippen molar-refractivity contribution in [2.45, 2.75) is 38.3 Å². The Morgan fingerprint density at radius 3 is 1.74 bits per heavy atom. The monoisotopic (exact) mass is 514 g/mol.